The molecule has 0 rings (SSSR count). The van der Waals surface area contributed by atoms with Crippen LogP contribution in [0.2, 0.25) is 0 Å². The number of amides is 1. The number of unbranched alkanes of at least 4 members (excludes halogenated alkanes) is 40. The van der Waals surface area contributed by atoms with Crippen LogP contribution < -0.4 is 5.32 Å². The molecule has 3 N–H and O–H groups in total. The SMILES string of the molecule is CCCCCC/C=C\CCCCCCCC(=O)OCCCCCCCCCCC/C=C\C/C=C\CCCCCCCCCCCC(=O)NC(CO)C(O)CCCCCCCCCCCCCCCC. The van der Waals surface area contributed by atoms with E-state index in [4.69, 9.17) is 4.74 Å². The van der Waals surface area contributed by atoms with E-state index in [0.717, 1.165) is 51.4 Å². The van der Waals surface area contributed by atoms with E-state index in [9.17, 15) is 19.8 Å². The van der Waals surface area contributed by atoms with Crippen molar-refractivity contribution in [2.75, 3.05) is 13.2 Å². The van der Waals surface area contributed by atoms with Gasteiger partial charge >= 0.3 is 5.97 Å². The van der Waals surface area contributed by atoms with Gasteiger partial charge in [0.25, 0.3) is 0 Å². The van der Waals surface area contributed by atoms with E-state index in [1.54, 1.807) is 0 Å². The van der Waals surface area contributed by atoms with E-state index < -0.39 is 12.1 Å². The Bertz CT molecular complexity index is 1120. The molecule has 0 fully saturated rings. The largest absolute Gasteiger partial charge is 0.466 e. The summed E-state index contributed by atoms with van der Waals surface area (Å²) in [6, 6.07) is -0.546. The number of nitrogens with one attached hydrogen (secondary N) is 1. The highest BCUT2D eigenvalue weighted by Crippen LogP contribution is 2.17. The van der Waals surface area contributed by atoms with Gasteiger partial charge in [-0.05, 0) is 83.5 Å². The standard InChI is InChI=1S/C63H119NO5/c1-3-5-7-9-11-13-15-17-32-35-39-43-47-51-55-61(66)60(59-65)64-62(67)56-52-48-44-40-36-33-29-27-25-23-21-19-18-20-22-24-26-28-30-34-38-42-46-50-54-58-69-63(68)57-53-49-45-41-37-31-16-14-12-10-8-6-4-2/h14,16,19-22,60-61,65-66H,3-13,15,17-18,23-59H2,1-2H3,(H,64,67)/b16-14-,21-19-,22-20-. The lowest BCUT2D eigenvalue weighted by molar-refractivity contribution is -0.143. The lowest BCUT2D eigenvalue weighted by atomic mass is 10.0. The van der Waals surface area contributed by atoms with Gasteiger partial charge in [-0.15, -0.1) is 0 Å². The first-order chi connectivity index (χ1) is 34.0. The maximum atomic E-state index is 12.5. The van der Waals surface area contributed by atoms with Gasteiger partial charge < -0.3 is 20.3 Å². The fourth-order valence-electron chi connectivity index (χ4n) is 9.43. The average Bonchev–Trinajstić information content (AvgIpc) is 3.35. The van der Waals surface area contributed by atoms with Gasteiger partial charge in [-0.1, -0.05) is 269 Å². The zero-order valence-electron chi connectivity index (χ0n) is 46.3. The number of ether oxygens (including phenoxy) is 1. The van der Waals surface area contributed by atoms with Crippen LogP contribution in [0, 0.1) is 0 Å². The minimum atomic E-state index is -0.668. The van der Waals surface area contributed by atoms with Crippen LogP contribution >= 0.6 is 0 Å². The number of hydrogen-bond acceptors (Lipinski definition) is 5. The summed E-state index contributed by atoms with van der Waals surface area (Å²) in [5.41, 5.74) is 0. The number of carbonyl (C=O) groups is 2. The summed E-state index contributed by atoms with van der Waals surface area (Å²) in [6.45, 7) is 4.94. The van der Waals surface area contributed by atoms with Gasteiger partial charge in [0.05, 0.1) is 25.4 Å². The smallest absolute Gasteiger partial charge is 0.305 e. The molecule has 0 aliphatic rings. The minimum absolute atomic E-state index is 0.000338. The van der Waals surface area contributed by atoms with Crippen LogP contribution in [0.25, 0.3) is 0 Å². The summed E-state index contributed by atoms with van der Waals surface area (Å²) >= 11 is 0. The molecule has 0 aliphatic heterocycles. The van der Waals surface area contributed by atoms with Crippen molar-refractivity contribution in [2.24, 2.45) is 0 Å². The third kappa shape index (κ3) is 55.2. The van der Waals surface area contributed by atoms with Crippen LogP contribution in [-0.4, -0.2) is 47.4 Å². The number of carbonyl (C=O) groups excluding carboxylic acids is 2. The third-order valence-electron chi connectivity index (χ3n) is 14.2. The number of esters is 1. The lowest BCUT2D eigenvalue weighted by Gasteiger charge is -2.22. The van der Waals surface area contributed by atoms with Crippen molar-refractivity contribution in [3.8, 4) is 0 Å². The van der Waals surface area contributed by atoms with E-state index in [1.165, 1.54) is 244 Å². The second-order valence-electron chi connectivity index (χ2n) is 21.0. The zero-order valence-corrected chi connectivity index (χ0v) is 46.3. The normalized spacial score (nSPS) is 12.8. The van der Waals surface area contributed by atoms with Crippen molar-refractivity contribution >= 4 is 11.9 Å². The molecule has 6 heteroatoms. The van der Waals surface area contributed by atoms with Gasteiger partial charge in [0, 0.05) is 12.8 Å². The zero-order chi connectivity index (χ0) is 50.0. The number of hydrogen-bond donors (Lipinski definition) is 3. The van der Waals surface area contributed by atoms with Crippen molar-refractivity contribution in [1.82, 2.24) is 5.32 Å². The van der Waals surface area contributed by atoms with Crippen LogP contribution in [0.4, 0.5) is 0 Å². The molecule has 2 atom stereocenters. The Morgan fingerprint density at radius 1 is 0.406 bits per heavy atom. The molecule has 0 heterocycles. The summed E-state index contributed by atoms with van der Waals surface area (Å²) in [4.78, 5) is 24.5. The molecule has 1 amide bonds. The quantitative estimate of drug-likeness (QED) is 0.0321. The van der Waals surface area contributed by atoms with E-state index in [2.05, 4.69) is 55.6 Å². The summed E-state index contributed by atoms with van der Waals surface area (Å²) in [5, 5.41) is 23.3. The fourth-order valence-corrected chi connectivity index (χ4v) is 9.43. The Labute approximate surface area is 430 Å². The first-order valence-corrected chi connectivity index (χ1v) is 30.7. The molecule has 0 saturated carbocycles. The van der Waals surface area contributed by atoms with Crippen LogP contribution in [0.3, 0.4) is 0 Å². The molecule has 406 valence electrons. The van der Waals surface area contributed by atoms with Crippen LogP contribution in [-0.2, 0) is 14.3 Å². The monoisotopic (exact) mass is 970 g/mol. The predicted molar refractivity (Wildman–Crippen MR) is 301 cm³/mol. The molecule has 69 heavy (non-hydrogen) atoms. The molecular formula is C63H119NO5. The average molecular weight is 971 g/mol. The second-order valence-corrected chi connectivity index (χ2v) is 21.0. The van der Waals surface area contributed by atoms with Crippen LogP contribution in [0.1, 0.15) is 328 Å². The van der Waals surface area contributed by atoms with Crippen LogP contribution in [0.15, 0.2) is 36.5 Å². The maximum Gasteiger partial charge on any atom is 0.305 e. The summed E-state index contributed by atoms with van der Waals surface area (Å²) in [6.07, 6.45) is 72.9. The van der Waals surface area contributed by atoms with Crippen molar-refractivity contribution in [1.29, 1.82) is 0 Å². The molecule has 6 nitrogen and oxygen atoms in total. The Morgan fingerprint density at radius 2 is 0.725 bits per heavy atom. The molecule has 0 bridgehead atoms. The van der Waals surface area contributed by atoms with E-state index in [1.807, 2.05) is 0 Å². The van der Waals surface area contributed by atoms with Crippen molar-refractivity contribution in [3.05, 3.63) is 36.5 Å². The molecule has 0 aromatic carbocycles. The Kier molecular flexibility index (Phi) is 57.0. The van der Waals surface area contributed by atoms with Crippen molar-refractivity contribution in [2.45, 2.75) is 341 Å². The van der Waals surface area contributed by atoms with Crippen molar-refractivity contribution in [3.63, 3.8) is 0 Å². The third-order valence-corrected chi connectivity index (χ3v) is 14.2. The fraction of sp³-hybridized carbons (Fsp3) is 0.873. The Balaban J connectivity index is 3.43. The van der Waals surface area contributed by atoms with E-state index in [-0.39, 0.29) is 18.5 Å². The Morgan fingerprint density at radius 3 is 1.13 bits per heavy atom. The number of aliphatic hydroxyl groups excluding tert-OH is 2. The van der Waals surface area contributed by atoms with Gasteiger partial charge in [0.15, 0.2) is 0 Å². The topological polar surface area (TPSA) is 95.9 Å². The highest BCUT2D eigenvalue weighted by Gasteiger charge is 2.20. The highest BCUT2D eigenvalue weighted by atomic mass is 16.5. The molecule has 0 radical (unpaired) electrons. The summed E-state index contributed by atoms with van der Waals surface area (Å²) in [5.74, 6) is -0.0406. The second kappa shape index (κ2) is 58.6. The summed E-state index contributed by atoms with van der Waals surface area (Å²) in [7, 11) is 0. The van der Waals surface area contributed by atoms with Crippen molar-refractivity contribution < 1.29 is 24.5 Å². The summed E-state index contributed by atoms with van der Waals surface area (Å²) < 4.78 is 5.47. The molecule has 0 aliphatic carbocycles. The highest BCUT2D eigenvalue weighted by molar-refractivity contribution is 5.76. The van der Waals surface area contributed by atoms with Gasteiger partial charge in [-0.2, -0.15) is 0 Å². The lowest BCUT2D eigenvalue weighted by Crippen LogP contribution is -2.45. The number of allylic oxidation sites excluding steroid dienone is 6. The van der Waals surface area contributed by atoms with E-state index >= 15 is 0 Å². The molecule has 0 saturated heterocycles. The first kappa shape index (κ1) is 67.1. The number of rotatable bonds is 57. The number of aliphatic hydroxyl groups is 2. The van der Waals surface area contributed by atoms with Crippen LogP contribution in [0.5, 0.6) is 0 Å². The molecule has 0 aromatic rings. The van der Waals surface area contributed by atoms with Gasteiger partial charge in [0.1, 0.15) is 0 Å². The maximum absolute atomic E-state index is 12.5. The molecule has 0 spiro atoms. The molecule has 0 aromatic heterocycles. The minimum Gasteiger partial charge on any atom is -0.466 e. The van der Waals surface area contributed by atoms with Gasteiger partial charge in [-0.3, -0.25) is 9.59 Å². The van der Waals surface area contributed by atoms with Gasteiger partial charge in [0.2, 0.25) is 5.91 Å². The Hall–Kier alpha value is -1.92. The van der Waals surface area contributed by atoms with Gasteiger partial charge in [-0.25, -0.2) is 0 Å². The predicted octanol–water partition coefficient (Wildman–Crippen LogP) is 19.2. The van der Waals surface area contributed by atoms with E-state index in [0.29, 0.717) is 25.9 Å². The molecule has 2 unspecified atom stereocenters. The molecular weight excluding hydrogens is 851 g/mol. The first-order valence-electron chi connectivity index (χ1n) is 30.7.